The normalized spacial score (nSPS) is 21.1. The summed E-state index contributed by atoms with van der Waals surface area (Å²) in [4.78, 5) is 11.8. The van der Waals surface area contributed by atoms with Crippen LogP contribution in [0, 0.1) is 5.92 Å². The van der Waals surface area contributed by atoms with E-state index in [1.165, 1.54) is 0 Å². The molecule has 0 aromatic heterocycles. The van der Waals surface area contributed by atoms with Crippen LogP contribution in [0.4, 0.5) is 0 Å². The van der Waals surface area contributed by atoms with Gasteiger partial charge in [0.1, 0.15) is 0 Å². The lowest BCUT2D eigenvalue weighted by atomic mass is 9.77. The monoisotopic (exact) mass is 252 g/mol. The molecule has 1 aliphatic heterocycles. The van der Waals surface area contributed by atoms with Gasteiger partial charge in [-0.1, -0.05) is 67.6 Å². The van der Waals surface area contributed by atoms with Crippen molar-refractivity contribution in [2.24, 2.45) is 5.92 Å². The Hall–Kier alpha value is -2.09. The van der Waals surface area contributed by atoms with Crippen LogP contribution in [-0.2, 0) is 15.1 Å². The average molecular weight is 252 g/mol. The van der Waals surface area contributed by atoms with Gasteiger partial charge in [-0.3, -0.25) is 4.79 Å². The minimum atomic E-state index is -0.639. The van der Waals surface area contributed by atoms with Gasteiger partial charge >= 0.3 is 5.97 Å². The largest absolute Gasteiger partial charge is 0.449 e. The van der Waals surface area contributed by atoms with Gasteiger partial charge in [0.05, 0.1) is 6.42 Å². The van der Waals surface area contributed by atoms with E-state index < -0.39 is 5.60 Å². The minimum Gasteiger partial charge on any atom is -0.449 e. The number of cyclic esters (lactones) is 1. The second-order valence-electron chi connectivity index (χ2n) is 5.05. The Bertz CT molecular complexity index is 535. The van der Waals surface area contributed by atoms with Gasteiger partial charge in [0.25, 0.3) is 0 Å². The van der Waals surface area contributed by atoms with E-state index in [2.05, 4.69) is 6.92 Å². The summed E-state index contributed by atoms with van der Waals surface area (Å²) in [5, 5.41) is 0. The second-order valence-corrected chi connectivity index (χ2v) is 5.05. The van der Waals surface area contributed by atoms with Crippen molar-refractivity contribution in [3.05, 3.63) is 71.8 Å². The van der Waals surface area contributed by atoms with Crippen LogP contribution >= 0.6 is 0 Å². The van der Waals surface area contributed by atoms with Gasteiger partial charge in [0, 0.05) is 17.0 Å². The van der Waals surface area contributed by atoms with Crippen LogP contribution in [0.2, 0.25) is 0 Å². The van der Waals surface area contributed by atoms with Crippen LogP contribution in [0.5, 0.6) is 0 Å². The van der Waals surface area contributed by atoms with E-state index >= 15 is 0 Å². The van der Waals surface area contributed by atoms with Gasteiger partial charge in [-0.05, 0) is 0 Å². The summed E-state index contributed by atoms with van der Waals surface area (Å²) >= 11 is 0. The SMILES string of the molecule is CC1CC(=O)OC1(c1ccccc1)c1ccccc1. The first kappa shape index (κ1) is 12.0. The number of rotatable bonds is 2. The molecule has 0 spiro atoms. The highest BCUT2D eigenvalue weighted by Gasteiger charge is 2.49. The first-order valence-electron chi connectivity index (χ1n) is 6.56. The van der Waals surface area contributed by atoms with Crippen LogP contribution in [0.15, 0.2) is 60.7 Å². The van der Waals surface area contributed by atoms with Crippen molar-refractivity contribution in [2.75, 3.05) is 0 Å². The summed E-state index contributed by atoms with van der Waals surface area (Å²) in [6.07, 6.45) is 0.462. The lowest BCUT2D eigenvalue weighted by molar-refractivity contribution is -0.147. The van der Waals surface area contributed by atoms with E-state index in [4.69, 9.17) is 4.74 Å². The number of esters is 1. The van der Waals surface area contributed by atoms with Crippen LogP contribution in [0.25, 0.3) is 0 Å². The lowest BCUT2D eigenvalue weighted by Gasteiger charge is -2.33. The minimum absolute atomic E-state index is 0.125. The summed E-state index contributed by atoms with van der Waals surface area (Å²) in [6, 6.07) is 20.0. The van der Waals surface area contributed by atoms with E-state index in [-0.39, 0.29) is 11.9 Å². The molecular formula is C17H16O2. The summed E-state index contributed by atoms with van der Waals surface area (Å²) in [6.45, 7) is 2.07. The number of ether oxygens (including phenoxy) is 1. The Morgan fingerprint density at radius 1 is 0.947 bits per heavy atom. The summed E-state index contributed by atoms with van der Waals surface area (Å²) < 4.78 is 5.79. The van der Waals surface area contributed by atoms with Gasteiger partial charge in [0.15, 0.2) is 5.60 Å². The number of hydrogen-bond donors (Lipinski definition) is 0. The molecule has 0 radical (unpaired) electrons. The maximum absolute atomic E-state index is 11.8. The molecule has 1 saturated heterocycles. The standard InChI is InChI=1S/C17H16O2/c1-13-12-16(18)19-17(13,14-8-4-2-5-9-14)15-10-6-3-7-11-15/h2-11,13H,12H2,1H3. The Morgan fingerprint density at radius 3 is 1.79 bits per heavy atom. The van der Waals surface area contributed by atoms with Crippen molar-refractivity contribution in [1.82, 2.24) is 0 Å². The number of hydrogen-bond acceptors (Lipinski definition) is 2. The molecule has 1 fully saturated rings. The van der Waals surface area contributed by atoms with Crippen molar-refractivity contribution in [3.63, 3.8) is 0 Å². The zero-order valence-electron chi connectivity index (χ0n) is 10.9. The van der Waals surface area contributed by atoms with Crippen LogP contribution in [0.3, 0.4) is 0 Å². The predicted octanol–water partition coefficient (Wildman–Crippen LogP) is 3.51. The van der Waals surface area contributed by atoms with Gasteiger partial charge in [-0.2, -0.15) is 0 Å². The number of carbonyl (C=O) groups is 1. The first-order chi connectivity index (χ1) is 9.23. The maximum atomic E-state index is 11.8. The van der Waals surface area contributed by atoms with E-state index in [0.29, 0.717) is 6.42 Å². The van der Waals surface area contributed by atoms with Gasteiger partial charge < -0.3 is 4.74 Å². The lowest BCUT2D eigenvalue weighted by Crippen LogP contribution is -2.32. The topological polar surface area (TPSA) is 26.3 Å². The summed E-state index contributed by atoms with van der Waals surface area (Å²) in [5.74, 6) is 0.00464. The van der Waals surface area contributed by atoms with Crippen molar-refractivity contribution in [2.45, 2.75) is 18.9 Å². The van der Waals surface area contributed by atoms with E-state index in [1.54, 1.807) is 0 Å². The van der Waals surface area contributed by atoms with Gasteiger partial charge in [-0.25, -0.2) is 0 Å². The highest BCUT2D eigenvalue weighted by atomic mass is 16.6. The Kier molecular flexibility index (Phi) is 2.86. The zero-order valence-corrected chi connectivity index (χ0v) is 10.9. The fourth-order valence-electron chi connectivity index (χ4n) is 2.94. The number of carbonyl (C=O) groups excluding carboxylic acids is 1. The molecule has 2 nitrogen and oxygen atoms in total. The quantitative estimate of drug-likeness (QED) is 0.764. The van der Waals surface area contributed by atoms with Crippen molar-refractivity contribution >= 4 is 5.97 Å². The van der Waals surface area contributed by atoms with Crippen LogP contribution < -0.4 is 0 Å². The molecule has 2 aromatic carbocycles. The molecule has 96 valence electrons. The predicted molar refractivity (Wildman–Crippen MR) is 73.5 cm³/mol. The number of benzene rings is 2. The molecule has 0 saturated carbocycles. The van der Waals surface area contributed by atoms with Gasteiger partial charge in [0.2, 0.25) is 0 Å². The zero-order chi connectivity index (χ0) is 13.3. The van der Waals surface area contributed by atoms with Gasteiger partial charge in [-0.15, -0.1) is 0 Å². The smallest absolute Gasteiger partial charge is 0.307 e. The molecule has 2 aromatic rings. The molecule has 2 heteroatoms. The Morgan fingerprint density at radius 2 is 1.42 bits per heavy atom. The molecule has 19 heavy (non-hydrogen) atoms. The molecule has 3 rings (SSSR count). The third-order valence-electron chi connectivity index (χ3n) is 3.85. The highest BCUT2D eigenvalue weighted by Crippen LogP contribution is 2.46. The molecule has 0 aliphatic carbocycles. The van der Waals surface area contributed by atoms with E-state index in [1.807, 2.05) is 60.7 Å². The fourth-order valence-corrected chi connectivity index (χ4v) is 2.94. The van der Waals surface area contributed by atoms with Crippen LogP contribution in [0.1, 0.15) is 24.5 Å². The first-order valence-corrected chi connectivity index (χ1v) is 6.56. The molecule has 0 bridgehead atoms. The summed E-state index contributed by atoms with van der Waals surface area (Å²) in [5.41, 5.74) is 1.44. The Labute approximate surface area is 113 Å². The van der Waals surface area contributed by atoms with E-state index in [0.717, 1.165) is 11.1 Å². The van der Waals surface area contributed by atoms with Crippen molar-refractivity contribution in [3.8, 4) is 0 Å². The van der Waals surface area contributed by atoms with Crippen LogP contribution in [-0.4, -0.2) is 5.97 Å². The van der Waals surface area contributed by atoms with Crippen molar-refractivity contribution < 1.29 is 9.53 Å². The molecule has 1 unspecified atom stereocenters. The molecule has 0 N–H and O–H groups in total. The highest BCUT2D eigenvalue weighted by molar-refractivity contribution is 5.74. The molecule has 1 aliphatic rings. The molecule has 0 amide bonds. The fraction of sp³-hybridized carbons (Fsp3) is 0.235. The molecule has 1 heterocycles. The summed E-state index contributed by atoms with van der Waals surface area (Å²) in [7, 11) is 0. The van der Waals surface area contributed by atoms with Crippen molar-refractivity contribution in [1.29, 1.82) is 0 Å². The average Bonchev–Trinajstić information content (AvgIpc) is 2.76. The maximum Gasteiger partial charge on any atom is 0.307 e. The Balaban J connectivity index is 2.20. The molecule has 1 atom stereocenters. The second kappa shape index (κ2) is 4.54. The third-order valence-corrected chi connectivity index (χ3v) is 3.85. The molecular weight excluding hydrogens is 236 g/mol. The third kappa shape index (κ3) is 1.84. The van der Waals surface area contributed by atoms with E-state index in [9.17, 15) is 4.79 Å².